The van der Waals surface area contributed by atoms with Gasteiger partial charge in [0.15, 0.2) is 0 Å². The summed E-state index contributed by atoms with van der Waals surface area (Å²) in [5, 5.41) is 3.47. The Hall–Kier alpha value is -1.94. The van der Waals surface area contributed by atoms with E-state index in [4.69, 9.17) is 9.15 Å². The predicted molar refractivity (Wildman–Crippen MR) is 85.9 cm³/mol. The highest BCUT2D eigenvalue weighted by molar-refractivity contribution is 5.59. The van der Waals surface area contributed by atoms with Crippen molar-refractivity contribution in [3.05, 3.63) is 47.4 Å². The molecule has 2 rings (SSSR count). The lowest BCUT2D eigenvalue weighted by Crippen LogP contribution is -2.12. The van der Waals surface area contributed by atoms with Crippen molar-refractivity contribution in [2.75, 3.05) is 26.5 Å². The maximum Gasteiger partial charge on any atom is 0.141 e. The van der Waals surface area contributed by atoms with Gasteiger partial charge in [-0.3, -0.25) is 0 Å². The average Bonchev–Trinajstić information content (AvgIpc) is 2.85. The quantitative estimate of drug-likeness (QED) is 0.876. The van der Waals surface area contributed by atoms with Gasteiger partial charge < -0.3 is 19.4 Å². The number of ether oxygens (including phenoxy) is 1. The van der Waals surface area contributed by atoms with Crippen molar-refractivity contribution in [2.45, 2.75) is 26.4 Å². The van der Waals surface area contributed by atoms with Crippen LogP contribution in [0.3, 0.4) is 0 Å². The Morgan fingerprint density at radius 1 is 1.24 bits per heavy atom. The molecule has 2 aromatic rings. The van der Waals surface area contributed by atoms with Gasteiger partial charge in [0.05, 0.1) is 18.8 Å². The van der Waals surface area contributed by atoms with Crippen LogP contribution < -0.4 is 10.1 Å². The van der Waals surface area contributed by atoms with Gasteiger partial charge in [-0.1, -0.05) is 6.07 Å². The Bertz CT molecular complexity index is 590. The Kier molecular flexibility index (Phi) is 4.91. The van der Waals surface area contributed by atoms with Gasteiger partial charge in [-0.2, -0.15) is 0 Å². The van der Waals surface area contributed by atoms with Crippen molar-refractivity contribution in [2.24, 2.45) is 0 Å². The molecule has 0 aliphatic rings. The van der Waals surface area contributed by atoms with Crippen molar-refractivity contribution < 1.29 is 9.15 Å². The number of anilines is 1. The summed E-state index contributed by atoms with van der Waals surface area (Å²) in [7, 11) is 5.81. The molecule has 1 N–H and O–H groups in total. The van der Waals surface area contributed by atoms with Crippen molar-refractivity contribution >= 4 is 5.69 Å². The number of hydrogen-bond acceptors (Lipinski definition) is 4. The van der Waals surface area contributed by atoms with E-state index in [9.17, 15) is 0 Å². The van der Waals surface area contributed by atoms with Crippen LogP contribution in [0.25, 0.3) is 0 Å². The van der Waals surface area contributed by atoms with Crippen LogP contribution in [-0.2, 0) is 6.54 Å². The molecule has 4 heteroatoms. The molecule has 0 bridgehead atoms. The van der Waals surface area contributed by atoms with E-state index in [0.717, 1.165) is 29.5 Å². The van der Waals surface area contributed by atoms with Gasteiger partial charge in [-0.05, 0) is 57.8 Å². The summed E-state index contributed by atoms with van der Waals surface area (Å²) in [6.07, 6.45) is 0. The molecule has 21 heavy (non-hydrogen) atoms. The van der Waals surface area contributed by atoms with Crippen molar-refractivity contribution in [3.8, 4) is 5.75 Å². The third-order valence-electron chi connectivity index (χ3n) is 3.32. The van der Waals surface area contributed by atoms with E-state index in [1.807, 2.05) is 25.1 Å². The summed E-state index contributed by atoms with van der Waals surface area (Å²) in [4.78, 5) is 2.14. The summed E-state index contributed by atoms with van der Waals surface area (Å²) in [6.45, 7) is 4.93. The summed E-state index contributed by atoms with van der Waals surface area (Å²) in [5.74, 6) is 2.69. The van der Waals surface area contributed by atoms with Crippen LogP contribution in [0.1, 0.15) is 30.0 Å². The maximum absolute atomic E-state index is 5.67. The fourth-order valence-electron chi connectivity index (χ4n) is 2.32. The first kappa shape index (κ1) is 15.4. The van der Waals surface area contributed by atoms with Gasteiger partial charge in [-0.25, -0.2) is 0 Å². The number of nitrogens with one attached hydrogen (secondary N) is 1. The highest BCUT2D eigenvalue weighted by Crippen LogP contribution is 2.30. The molecule has 1 aromatic heterocycles. The molecule has 1 heterocycles. The standard InChI is InChI=1S/C17H24N2O2/c1-12-6-8-16(21-12)13(2)18-15-10-14(11-19(3)4)7-9-17(15)20-5/h6-10,13,18H,11H2,1-5H3. The Morgan fingerprint density at radius 3 is 2.57 bits per heavy atom. The number of rotatable bonds is 6. The summed E-state index contributed by atoms with van der Waals surface area (Å²) in [5.41, 5.74) is 2.23. The van der Waals surface area contributed by atoms with Gasteiger partial charge in [0.2, 0.25) is 0 Å². The van der Waals surface area contributed by atoms with Gasteiger partial charge in [0.25, 0.3) is 0 Å². The Balaban J connectivity index is 2.20. The zero-order valence-electron chi connectivity index (χ0n) is 13.4. The van der Waals surface area contributed by atoms with Crippen LogP contribution in [0, 0.1) is 6.92 Å². The van der Waals surface area contributed by atoms with E-state index in [0.29, 0.717) is 0 Å². The molecule has 0 saturated carbocycles. The predicted octanol–water partition coefficient (Wildman–Crippen LogP) is 3.83. The molecule has 0 fully saturated rings. The fourth-order valence-corrected chi connectivity index (χ4v) is 2.32. The zero-order valence-corrected chi connectivity index (χ0v) is 13.4. The second-order valence-electron chi connectivity index (χ2n) is 5.59. The second kappa shape index (κ2) is 6.68. The monoisotopic (exact) mass is 288 g/mol. The van der Waals surface area contributed by atoms with E-state index in [2.05, 4.69) is 43.4 Å². The third-order valence-corrected chi connectivity index (χ3v) is 3.32. The first-order valence-corrected chi connectivity index (χ1v) is 7.14. The number of furan rings is 1. The average molecular weight is 288 g/mol. The van der Waals surface area contributed by atoms with Crippen molar-refractivity contribution in [1.29, 1.82) is 0 Å². The van der Waals surface area contributed by atoms with Gasteiger partial charge in [0.1, 0.15) is 17.3 Å². The summed E-state index contributed by atoms with van der Waals surface area (Å²) in [6, 6.07) is 10.3. The van der Waals surface area contributed by atoms with E-state index < -0.39 is 0 Å². The lowest BCUT2D eigenvalue weighted by molar-refractivity contribution is 0.400. The van der Waals surface area contributed by atoms with E-state index in [1.54, 1.807) is 7.11 Å². The van der Waals surface area contributed by atoms with Gasteiger partial charge in [-0.15, -0.1) is 0 Å². The normalized spacial score (nSPS) is 12.5. The number of methoxy groups -OCH3 is 1. The summed E-state index contributed by atoms with van der Waals surface area (Å²) >= 11 is 0. The van der Waals surface area contributed by atoms with Crippen molar-refractivity contribution in [3.63, 3.8) is 0 Å². The number of benzene rings is 1. The van der Waals surface area contributed by atoms with Crippen LogP contribution in [-0.4, -0.2) is 26.1 Å². The Morgan fingerprint density at radius 2 is 2.00 bits per heavy atom. The van der Waals surface area contributed by atoms with E-state index >= 15 is 0 Å². The molecule has 0 aliphatic heterocycles. The molecule has 0 spiro atoms. The molecule has 1 aromatic carbocycles. The topological polar surface area (TPSA) is 37.6 Å². The molecular formula is C17H24N2O2. The SMILES string of the molecule is COc1ccc(CN(C)C)cc1NC(C)c1ccc(C)o1. The van der Waals surface area contributed by atoms with Crippen LogP contribution in [0.5, 0.6) is 5.75 Å². The molecule has 0 saturated heterocycles. The van der Waals surface area contributed by atoms with Gasteiger partial charge in [0, 0.05) is 6.54 Å². The minimum Gasteiger partial charge on any atom is -0.495 e. The number of aryl methyl sites for hydroxylation is 1. The molecule has 1 atom stereocenters. The third kappa shape index (κ3) is 4.02. The minimum atomic E-state index is 0.0854. The van der Waals surface area contributed by atoms with E-state index in [1.165, 1.54) is 5.56 Å². The lowest BCUT2D eigenvalue weighted by Gasteiger charge is -2.18. The van der Waals surface area contributed by atoms with Crippen LogP contribution in [0.15, 0.2) is 34.7 Å². The van der Waals surface area contributed by atoms with Crippen LogP contribution >= 0.6 is 0 Å². The minimum absolute atomic E-state index is 0.0854. The van der Waals surface area contributed by atoms with Crippen LogP contribution in [0.4, 0.5) is 5.69 Å². The van der Waals surface area contributed by atoms with Crippen molar-refractivity contribution in [1.82, 2.24) is 4.90 Å². The number of hydrogen-bond donors (Lipinski definition) is 1. The molecule has 1 unspecified atom stereocenters. The molecule has 0 amide bonds. The fraction of sp³-hybridized carbons (Fsp3) is 0.412. The summed E-state index contributed by atoms with van der Waals surface area (Å²) < 4.78 is 11.1. The zero-order chi connectivity index (χ0) is 15.4. The first-order chi connectivity index (χ1) is 9.99. The lowest BCUT2D eigenvalue weighted by atomic mass is 10.1. The molecular weight excluding hydrogens is 264 g/mol. The highest BCUT2D eigenvalue weighted by Gasteiger charge is 2.12. The molecule has 4 nitrogen and oxygen atoms in total. The molecule has 0 radical (unpaired) electrons. The second-order valence-corrected chi connectivity index (χ2v) is 5.59. The molecule has 114 valence electrons. The van der Waals surface area contributed by atoms with Gasteiger partial charge >= 0.3 is 0 Å². The van der Waals surface area contributed by atoms with Crippen LogP contribution in [0.2, 0.25) is 0 Å². The Labute approximate surface area is 126 Å². The molecule has 0 aliphatic carbocycles. The first-order valence-electron chi connectivity index (χ1n) is 7.14. The largest absolute Gasteiger partial charge is 0.495 e. The highest BCUT2D eigenvalue weighted by atomic mass is 16.5. The smallest absolute Gasteiger partial charge is 0.141 e. The maximum atomic E-state index is 5.67. The van der Waals surface area contributed by atoms with E-state index in [-0.39, 0.29) is 6.04 Å². The number of nitrogens with zero attached hydrogens (tertiary/aromatic N) is 1.